The minimum atomic E-state index is -3.41. The van der Waals surface area contributed by atoms with Gasteiger partial charge >= 0.3 is 0 Å². The highest BCUT2D eigenvalue weighted by molar-refractivity contribution is 7.91. The minimum absolute atomic E-state index is 0.0733. The molecular weight excluding hydrogens is 344 g/mol. The molecule has 1 aromatic rings. The largest absolute Gasteiger partial charge is 0.343 e. The van der Waals surface area contributed by atoms with E-state index in [1.54, 1.807) is 17.5 Å². The first-order chi connectivity index (χ1) is 11.5. The number of nitrogens with one attached hydrogen (secondary N) is 1. The van der Waals surface area contributed by atoms with Gasteiger partial charge in [0.05, 0.1) is 0 Å². The number of amides is 1. The summed E-state index contributed by atoms with van der Waals surface area (Å²) in [6.45, 7) is 1.31. The Morgan fingerprint density at radius 3 is 2.50 bits per heavy atom. The van der Waals surface area contributed by atoms with E-state index in [2.05, 4.69) is 4.72 Å². The Bertz CT molecular complexity index is 629. The van der Waals surface area contributed by atoms with Gasteiger partial charge in [-0.25, -0.2) is 13.1 Å². The van der Waals surface area contributed by atoms with Gasteiger partial charge in [0.25, 0.3) is 0 Å². The predicted octanol–water partition coefficient (Wildman–Crippen LogP) is 2.99. The van der Waals surface area contributed by atoms with Gasteiger partial charge in [-0.15, -0.1) is 11.3 Å². The molecule has 0 atom stereocenters. The standard InChI is InChI=1S/C17H26N2O3S2/c20-16(13-14-5-2-1-3-6-14)19-10-8-15(9-11-19)18-24(21,22)17-7-4-12-23-17/h4,7,12,14-15,18H,1-3,5-6,8-11,13H2. The van der Waals surface area contributed by atoms with E-state index >= 15 is 0 Å². The molecule has 0 unspecified atom stereocenters. The van der Waals surface area contributed by atoms with Crippen molar-refractivity contribution in [3.05, 3.63) is 17.5 Å². The Labute approximate surface area is 148 Å². The summed E-state index contributed by atoms with van der Waals surface area (Å²) in [5.41, 5.74) is 0. The fourth-order valence-corrected chi connectivity index (χ4v) is 6.02. The lowest BCUT2D eigenvalue weighted by atomic mass is 9.86. The Morgan fingerprint density at radius 2 is 1.88 bits per heavy atom. The third-order valence-electron chi connectivity index (χ3n) is 5.12. The van der Waals surface area contributed by atoms with Crippen LogP contribution in [-0.4, -0.2) is 38.4 Å². The van der Waals surface area contributed by atoms with Crippen LogP contribution in [-0.2, 0) is 14.8 Å². The molecule has 0 spiro atoms. The quantitative estimate of drug-likeness (QED) is 0.866. The van der Waals surface area contributed by atoms with Crippen LogP contribution in [0.15, 0.2) is 21.7 Å². The lowest BCUT2D eigenvalue weighted by Gasteiger charge is -2.33. The fourth-order valence-electron chi connectivity index (χ4n) is 3.71. The van der Waals surface area contributed by atoms with Crippen molar-refractivity contribution in [1.29, 1.82) is 0 Å². The van der Waals surface area contributed by atoms with Crippen LogP contribution in [0.3, 0.4) is 0 Å². The van der Waals surface area contributed by atoms with E-state index in [-0.39, 0.29) is 11.9 Å². The maximum Gasteiger partial charge on any atom is 0.250 e. The number of likely N-dealkylation sites (tertiary alicyclic amines) is 1. The van der Waals surface area contributed by atoms with Gasteiger partial charge in [-0.2, -0.15) is 0 Å². The van der Waals surface area contributed by atoms with Crippen molar-refractivity contribution in [2.24, 2.45) is 5.92 Å². The normalized spacial score (nSPS) is 21.1. The second-order valence-electron chi connectivity index (χ2n) is 6.92. The van der Waals surface area contributed by atoms with Crippen LogP contribution >= 0.6 is 11.3 Å². The summed E-state index contributed by atoms with van der Waals surface area (Å²) in [6, 6.07) is 3.29. The highest BCUT2D eigenvalue weighted by atomic mass is 32.2. The second-order valence-corrected chi connectivity index (χ2v) is 9.81. The number of carbonyl (C=O) groups is 1. The van der Waals surface area contributed by atoms with Crippen molar-refractivity contribution in [2.45, 2.75) is 61.6 Å². The van der Waals surface area contributed by atoms with Crippen LogP contribution in [0, 0.1) is 5.92 Å². The molecule has 1 aromatic heterocycles. The average molecular weight is 371 g/mol. The number of rotatable bonds is 5. The molecule has 1 N–H and O–H groups in total. The third kappa shape index (κ3) is 4.58. The molecule has 0 bridgehead atoms. The van der Waals surface area contributed by atoms with E-state index < -0.39 is 10.0 Å². The van der Waals surface area contributed by atoms with Gasteiger partial charge in [-0.1, -0.05) is 25.3 Å². The van der Waals surface area contributed by atoms with E-state index in [1.807, 2.05) is 4.90 Å². The first kappa shape index (κ1) is 17.9. The zero-order valence-electron chi connectivity index (χ0n) is 13.9. The van der Waals surface area contributed by atoms with Crippen molar-refractivity contribution in [2.75, 3.05) is 13.1 Å². The molecule has 2 fully saturated rings. The van der Waals surface area contributed by atoms with Crippen molar-refractivity contribution in [3.8, 4) is 0 Å². The molecule has 2 heterocycles. The summed E-state index contributed by atoms with van der Waals surface area (Å²) in [5, 5.41) is 1.76. The van der Waals surface area contributed by atoms with Crippen molar-refractivity contribution in [1.82, 2.24) is 9.62 Å². The molecular formula is C17H26N2O3S2. The summed E-state index contributed by atoms with van der Waals surface area (Å²) < 4.78 is 27.7. The van der Waals surface area contributed by atoms with Crippen LogP contribution in [0.25, 0.3) is 0 Å². The van der Waals surface area contributed by atoms with Crippen LogP contribution < -0.4 is 4.72 Å². The average Bonchev–Trinajstić information content (AvgIpc) is 3.11. The van der Waals surface area contributed by atoms with Gasteiger partial charge < -0.3 is 4.90 Å². The molecule has 1 aliphatic heterocycles. The van der Waals surface area contributed by atoms with Crippen LogP contribution in [0.4, 0.5) is 0 Å². The van der Waals surface area contributed by atoms with Crippen LogP contribution in [0.2, 0.25) is 0 Å². The number of piperidine rings is 1. The number of hydrogen-bond acceptors (Lipinski definition) is 4. The molecule has 5 nitrogen and oxygen atoms in total. The van der Waals surface area contributed by atoms with Gasteiger partial charge in [0.1, 0.15) is 4.21 Å². The molecule has 7 heteroatoms. The zero-order valence-corrected chi connectivity index (χ0v) is 15.6. The van der Waals surface area contributed by atoms with Gasteiger partial charge in [0.2, 0.25) is 15.9 Å². The maximum absolute atomic E-state index is 12.4. The summed E-state index contributed by atoms with van der Waals surface area (Å²) in [5.74, 6) is 0.808. The Hall–Kier alpha value is -0.920. The number of carbonyl (C=O) groups excluding carboxylic acids is 1. The number of nitrogens with zero attached hydrogens (tertiary/aromatic N) is 1. The predicted molar refractivity (Wildman–Crippen MR) is 95.4 cm³/mol. The Balaban J connectivity index is 1.46. The molecule has 0 aromatic carbocycles. The lowest BCUT2D eigenvalue weighted by molar-refractivity contribution is -0.133. The molecule has 24 heavy (non-hydrogen) atoms. The highest BCUT2D eigenvalue weighted by Gasteiger charge is 2.28. The number of sulfonamides is 1. The molecule has 0 radical (unpaired) electrons. The van der Waals surface area contributed by atoms with Crippen LogP contribution in [0.5, 0.6) is 0 Å². The van der Waals surface area contributed by atoms with E-state index in [1.165, 1.54) is 43.4 Å². The van der Waals surface area contributed by atoms with E-state index in [4.69, 9.17) is 0 Å². The number of thiophene rings is 1. The molecule has 3 rings (SSSR count). The SMILES string of the molecule is O=C(CC1CCCCC1)N1CCC(NS(=O)(=O)c2cccs2)CC1. The summed E-state index contributed by atoms with van der Waals surface area (Å²) >= 11 is 1.23. The molecule has 1 saturated heterocycles. The molecule has 134 valence electrons. The van der Waals surface area contributed by atoms with Crippen LogP contribution in [0.1, 0.15) is 51.4 Å². The topological polar surface area (TPSA) is 66.5 Å². The first-order valence-corrected chi connectivity index (χ1v) is 11.2. The van der Waals surface area contributed by atoms with Crippen molar-refractivity contribution in [3.63, 3.8) is 0 Å². The monoisotopic (exact) mass is 370 g/mol. The van der Waals surface area contributed by atoms with Crippen molar-refractivity contribution >= 4 is 27.3 Å². The molecule has 1 amide bonds. The van der Waals surface area contributed by atoms with Gasteiger partial charge in [0, 0.05) is 25.6 Å². The van der Waals surface area contributed by atoms with Crippen molar-refractivity contribution < 1.29 is 13.2 Å². The molecule has 1 saturated carbocycles. The Morgan fingerprint density at radius 1 is 1.17 bits per heavy atom. The smallest absolute Gasteiger partial charge is 0.250 e. The van der Waals surface area contributed by atoms with E-state index in [0.717, 1.165) is 0 Å². The molecule has 2 aliphatic rings. The fraction of sp³-hybridized carbons (Fsp3) is 0.706. The van der Waals surface area contributed by atoms with E-state index in [9.17, 15) is 13.2 Å². The van der Waals surface area contributed by atoms with E-state index in [0.29, 0.717) is 42.5 Å². The maximum atomic E-state index is 12.4. The van der Waals surface area contributed by atoms with Gasteiger partial charge in [0.15, 0.2) is 0 Å². The summed E-state index contributed by atoms with van der Waals surface area (Å²) in [4.78, 5) is 14.4. The Kier molecular flexibility index (Phi) is 5.94. The second kappa shape index (κ2) is 7.97. The van der Waals surface area contributed by atoms with Gasteiger partial charge in [-0.05, 0) is 43.0 Å². The lowest BCUT2D eigenvalue weighted by Crippen LogP contribution is -2.46. The highest BCUT2D eigenvalue weighted by Crippen LogP contribution is 2.27. The third-order valence-corrected chi connectivity index (χ3v) is 8.04. The number of hydrogen-bond donors (Lipinski definition) is 1. The summed E-state index contributed by atoms with van der Waals surface area (Å²) in [6.07, 6.45) is 8.24. The first-order valence-electron chi connectivity index (χ1n) is 8.88. The minimum Gasteiger partial charge on any atom is -0.343 e. The summed E-state index contributed by atoms with van der Waals surface area (Å²) in [7, 11) is -3.41. The van der Waals surface area contributed by atoms with Gasteiger partial charge in [-0.3, -0.25) is 4.79 Å². The zero-order chi connectivity index (χ0) is 17.0. The molecule has 1 aliphatic carbocycles.